The quantitative estimate of drug-likeness (QED) is 0.728. The van der Waals surface area contributed by atoms with E-state index in [4.69, 9.17) is 12.2 Å². The van der Waals surface area contributed by atoms with Crippen molar-refractivity contribution in [3.05, 3.63) is 48.5 Å². The highest BCUT2D eigenvalue weighted by molar-refractivity contribution is 5.96. The number of nitrogens with two attached hydrogens (primary N) is 1. The van der Waals surface area contributed by atoms with Crippen LogP contribution < -0.4 is 5.73 Å². The second-order valence-electron chi connectivity index (χ2n) is 4.52. The van der Waals surface area contributed by atoms with E-state index in [9.17, 15) is 4.79 Å². The summed E-state index contributed by atoms with van der Waals surface area (Å²) in [7, 11) is 0. The number of hydrogen-bond donors (Lipinski definition) is 1. The predicted molar refractivity (Wildman–Crippen MR) is 80.7 cm³/mol. The molecule has 7 heteroatoms. The molecule has 0 spiro atoms. The molecule has 2 N–H and O–H groups in total. The third kappa shape index (κ3) is 2.45. The van der Waals surface area contributed by atoms with Crippen LogP contribution >= 0.6 is 0 Å². The van der Waals surface area contributed by atoms with Crippen molar-refractivity contribution >= 4 is 11.9 Å². The van der Waals surface area contributed by atoms with Gasteiger partial charge in [-0.2, -0.15) is 9.67 Å². The molecule has 0 aliphatic rings. The summed E-state index contributed by atoms with van der Waals surface area (Å²) in [5.74, 6) is 2.54. The first kappa shape index (κ1) is 13.6. The van der Waals surface area contributed by atoms with E-state index in [2.05, 4.69) is 21.0 Å². The zero-order chi connectivity index (χ0) is 15.5. The van der Waals surface area contributed by atoms with Crippen LogP contribution in [0, 0.1) is 12.3 Å². The van der Waals surface area contributed by atoms with Crippen molar-refractivity contribution in [3.8, 4) is 23.7 Å². The number of carbonyl (C=O) groups is 1. The summed E-state index contributed by atoms with van der Waals surface area (Å²) in [5, 5.41) is 4.17. The largest absolute Gasteiger partial charge is 0.368 e. The summed E-state index contributed by atoms with van der Waals surface area (Å²) < 4.78 is 2.80. The second kappa shape index (κ2) is 5.54. The van der Waals surface area contributed by atoms with Gasteiger partial charge in [-0.1, -0.05) is 5.92 Å². The molecule has 0 amide bonds. The number of anilines is 1. The molecule has 0 saturated carbocycles. The number of hydrogen-bond acceptors (Lipinski definition) is 5. The topological polar surface area (TPSA) is 91.6 Å². The Morgan fingerprint density at radius 3 is 2.82 bits per heavy atom. The van der Waals surface area contributed by atoms with Gasteiger partial charge < -0.3 is 10.3 Å². The van der Waals surface area contributed by atoms with Gasteiger partial charge in [-0.25, -0.2) is 0 Å². The zero-order valence-corrected chi connectivity index (χ0v) is 11.5. The molecule has 7 nitrogen and oxygen atoms in total. The van der Waals surface area contributed by atoms with E-state index in [0.717, 1.165) is 10.2 Å². The summed E-state index contributed by atoms with van der Waals surface area (Å²) in [6.45, 7) is 0.391. The Labute approximate surface area is 126 Å². The molecule has 108 valence electrons. The Morgan fingerprint density at radius 2 is 2.09 bits per heavy atom. The van der Waals surface area contributed by atoms with Crippen LogP contribution in [0.4, 0.5) is 5.95 Å². The molecule has 3 aromatic rings. The molecule has 0 fully saturated rings. The molecule has 3 heterocycles. The smallest absolute Gasteiger partial charge is 0.282 e. The van der Waals surface area contributed by atoms with E-state index >= 15 is 0 Å². The molecule has 3 aromatic heterocycles. The van der Waals surface area contributed by atoms with Crippen LogP contribution in [0.5, 0.6) is 0 Å². The zero-order valence-electron chi connectivity index (χ0n) is 11.5. The summed E-state index contributed by atoms with van der Waals surface area (Å²) in [6.07, 6.45) is 11.9. The lowest BCUT2D eigenvalue weighted by atomic mass is 10.3. The molecule has 22 heavy (non-hydrogen) atoms. The highest BCUT2D eigenvalue weighted by atomic mass is 16.2. The van der Waals surface area contributed by atoms with Crippen LogP contribution in [0.1, 0.15) is 10.4 Å². The number of pyridine rings is 1. The molecule has 0 aromatic carbocycles. The van der Waals surface area contributed by atoms with E-state index in [1.807, 2.05) is 0 Å². The van der Waals surface area contributed by atoms with Gasteiger partial charge in [0.15, 0.2) is 5.82 Å². The number of rotatable bonds is 3. The maximum absolute atomic E-state index is 12.4. The van der Waals surface area contributed by atoms with Crippen molar-refractivity contribution in [2.45, 2.75) is 6.54 Å². The fourth-order valence-electron chi connectivity index (χ4n) is 1.99. The maximum atomic E-state index is 12.4. The monoisotopic (exact) mass is 292 g/mol. The van der Waals surface area contributed by atoms with Crippen LogP contribution in [0.25, 0.3) is 11.4 Å². The summed E-state index contributed by atoms with van der Waals surface area (Å²) in [5.41, 5.74) is 6.97. The SMILES string of the molecule is C#CCn1ccc(C(=O)n2nc(-c3ccncc3)nc2N)c1. The molecule has 0 radical (unpaired) electrons. The Morgan fingerprint density at radius 1 is 1.32 bits per heavy atom. The van der Waals surface area contributed by atoms with Crippen LogP contribution in [-0.4, -0.2) is 30.2 Å². The Bertz CT molecular complexity index is 856. The number of carbonyl (C=O) groups excluding carboxylic acids is 1. The lowest BCUT2D eigenvalue weighted by Gasteiger charge is -1.98. The third-order valence-corrected chi connectivity index (χ3v) is 3.03. The Hall–Kier alpha value is -3.40. The van der Waals surface area contributed by atoms with Gasteiger partial charge in [0.2, 0.25) is 5.95 Å². The van der Waals surface area contributed by atoms with Crippen molar-refractivity contribution in [1.29, 1.82) is 0 Å². The normalized spacial score (nSPS) is 10.3. The number of aromatic nitrogens is 5. The highest BCUT2D eigenvalue weighted by Crippen LogP contribution is 2.16. The Kier molecular flexibility index (Phi) is 3.42. The predicted octanol–water partition coefficient (Wildman–Crippen LogP) is 1.05. The lowest BCUT2D eigenvalue weighted by Crippen LogP contribution is -2.15. The molecular formula is C15H12N6O. The van der Waals surface area contributed by atoms with Crippen molar-refractivity contribution in [3.63, 3.8) is 0 Å². The van der Waals surface area contributed by atoms with Crippen molar-refractivity contribution in [2.75, 3.05) is 5.73 Å². The summed E-state index contributed by atoms with van der Waals surface area (Å²) >= 11 is 0. The summed E-state index contributed by atoms with van der Waals surface area (Å²) in [6, 6.07) is 5.15. The third-order valence-electron chi connectivity index (χ3n) is 3.03. The highest BCUT2D eigenvalue weighted by Gasteiger charge is 2.17. The van der Waals surface area contributed by atoms with Crippen molar-refractivity contribution < 1.29 is 4.79 Å². The van der Waals surface area contributed by atoms with Gasteiger partial charge in [-0.3, -0.25) is 9.78 Å². The van der Waals surface area contributed by atoms with Gasteiger partial charge in [0, 0.05) is 30.4 Å². The average Bonchev–Trinajstić information content (AvgIpc) is 3.15. The van der Waals surface area contributed by atoms with Gasteiger partial charge in [-0.15, -0.1) is 11.5 Å². The van der Waals surface area contributed by atoms with E-state index in [-0.39, 0.29) is 11.9 Å². The standard InChI is InChI=1S/C15H12N6O/c1-2-8-20-9-5-12(10-20)14(22)21-15(16)18-13(19-21)11-3-6-17-7-4-11/h1,3-7,9-10H,8H2,(H2,16,18,19). The van der Waals surface area contributed by atoms with Crippen LogP contribution in [0.15, 0.2) is 43.0 Å². The van der Waals surface area contributed by atoms with Crippen molar-refractivity contribution in [1.82, 2.24) is 24.3 Å². The van der Waals surface area contributed by atoms with Crippen molar-refractivity contribution in [2.24, 2.45) is 0 Å². The van der Waals surface area contributed by atoms with Crippen LogP contribution in [0.3, 0.4) is 0 Å². The molecule has 0 unspecified atom stereocenters. The first-order valence-electron chi connectivity index (χ1n) is 6.46. The molecule has 0 aliphatic carbocycles. The second-order valence-corrected chi connectivity index (χ2v) is 4.52. The molecule has 0 bridgehead atoms. The molecule has 0 atom stereocenters. The minimum Gasteiger partial charge on any atom is -0.368 e. The van der Waals surface area contributed by atoms with Gasteiger partial charge in [0.25, 0.3) is 5.91 Å². The number of nitrogens with zero attached hydrogens (tertiary/aromatic N) is 5. The van der Waals surface area contributed by atoms with Crippen LogP contribution in [0.2, 0.25) is 0 Å². The first-order chi connectivity index (χ1) is 10.7. The fraction of sp³-hybridized carbons (Fsp3) is 0.0667. The van der Waals surface area contributed by atoms with Gasteiger partial charge in [0.05, 0.1) is 12.1 Å². The van der Waals surface area contributed by atoms with E-state index in [1.54, 1.807) is 47.6 Å². The molecule has 0 aliphatic heterocycles. The minimum absolute atomic E-state index is 0.0292. The van der Waals surface area contributed by atoms with Gasteiger partial charge in [0.1, 0.15) is 0 Å². The van der Waals surface area contributed by atoms with E-state index in [0.29, 0.717) is 17.9 Å². The minimum atomic E-state index is -0.360. The van der Waals surface area contributed by atoms with E-state index < -0.39 is 0 Å². The van der Waals surface area contributed by atoms with Gasteiger partial charge >= 0.3 is 0 Å². The molecule has 0 saturated heterocycles. The first-order valence-corrected chi connectivity index (χ1v) is 6.46. The molecular weight excluding hydrogens is 280 g/mol. The fourth-order valence-corrected chi connectivity index (χ4v) is 1.99. The Balaban J connectivity index is 1.93. The maximum Gasteiger partial charge on any atom is 0.282 e. The summed E-state index contributed by atoms with van der Waals surface area (Å²) in [4.78, 5) is 20.5. The van der Waals surface area contributed by atoms with E-state index in [1.165, 1.54) is 0 Å². The van der Waals surface area contributed by atoms with Crippen LogP contribution in [-0.2, 0) is 6.54 Å². The molecule has 3 rings (SSSR count). The number of nitrogen functional groups attached to an aromatic ring is 1. The average molecular weight is 292 g/mol. The lowest BCUT2D eigenvalue weighted by molar-refractivity contribution is 0.0948. The van der Waals surface area contributed by atoms with Gasteiger partial charge in [-0.05, 0) is 18.2 Å². The number of terminal acetylenes is 1.